The Balaban J connectivity index is 1.91. The van der Waals surface area contributed by atoms with Gasteiger partial charge in [-0.25, -0.2) is 0 Å². The predicted octanol–water partition coefficient (Wildman–Crippen LogP) is 2.51. The second kappa shape index (κ2) is 5.61. The molecule has 0 atom stereocenters. The Morgan fingerprint density at radius 1 is 1.41 bits per heavy atom. The van der Waals surface area contributed by atoms with Gasteiger partial charge in [-0.05, 0) is 43.7 Å². The van der Waals surface area contributed by atoms with E-state index in [0.717, 1.165) is 24.5 Å². The van der Waals surface area contributed by atoms with Gasteiger partial charge in [0.1, 0.15) is 0 Å². The summed E-state index contributed by atoms with van der Waals surface area (Å²) in [7, 11) is 0. The SMILES string of the molecule is CC1CCC(CN)(OCc2ccccn2)CC1. The molecule has 0 aliphatic heterocycles. The lowest BCUT2D eigenvalue weighted by atomic mass is 9.79. The van der Waals surface area contributed by atoms with Crippen molar-refractivity contribution in [2.24, 2.45) is 11.7 Å². The van der Waals surface area contributed by atoms with E-state index in [1.165, 1.54) is 12.8 Å². The quantitative estimate of drug-likeness (QED) is 0.870. The van der Waals surface area contributed by atoms with E-state index >= 15 is 0 Å². The Labute approximate surface area is 103 Å². The van der Waals surface area contributed by atoms with Gasteiger partial charge in [-0.15, -0.1) is 0 Å². The highest BCUT2D eigenvalue weighted by atomic mass is 16.5. The predicted molar refractivity (Wildman–Crippen MR) is 68.4 cm³/mol. The third-order valence-electron chi connectivity index (χ3n) is 3.81. The van der Waals surface area contributed by atoms with Gasteiger partial charge in [-0.3, -0.25) is 4.98 Å². The fraction of sp³-hybridized carbons (Fsp3) is 0.643. The van der Waals surface area contributed by atoms with Gasteiger partial charge in [-0.1, -0.05) is 13.0 Å². The number of hydrogen-bond acceptors (Lipinski definition) is 3. The Kier molecular flexibility index (Phi) is 4.13. The third-order valence-corrected chi connectivity index (χ3v) is 3.81. The zero-order valence-electron chi connectivity index (χ0n) is 10.6. The Morgan fingerprint density at radius 2 is 2.18 bits per heavy atom. The molecule has 0 unspecified atom stereocenters. The van der Waals surface area contributed by atoms with Crippen LogP contribution >= 0.6 is 0 Å². The van der Waals surface area contributed by atoms with Crippen molar-refractivity contribution < 1.29 is 4.74 Å². The topological polar surface area (TPSA) is 48.1 Å². The van der Waals surface area contributed by atoms with Gasteiger partial charge < -0.3 is 10.5 Å². The van der Waals surface area contributed by atoms with Gasteiger partial charge >= 0.3 is 0 Å². The van der Waals surface area contributed by atoms with Crippen LogP contribution in [-0.4, -0.2) is 17.1 Å². The molecule has 1 aromatic heterocycles. The molecule has 0 amide bonds. The Morgan fingerprint density at radius 3 is 2.76 bits per heavy atom. The molecular weight excluding hydrogens is 212 g/mol. The molecule has 0 saturated heterocycles. The summed E-state index contributed by atoms with van der Waals surface area (Å²) in [5, 5.41) is 0. The molecule has 0 aromatic carbocycles. The summed E-state index contributed by atoms with van der Waals surface area (Å²) < 4.78 is 6.07. The van der Waals surface area contributed by atoms with Gasteiger partial charge in [0, 0.05) is 12.7 Å². The molecule has 2 rings (SSSR count). The minimum Gasteiger partial charge on any atom is -0.367 e. The first-order valence-corrected chi connectivity index (χ1v) is 6.48. The molecule has 1 aromatic rings. The van der Waals surface area contributed by atoms with E-state index in [1.54, 1.807) is 6.20 Å². The molecule has 1 aliphatic carbocycles. The largest absolute Gasteiger partial charge is 0.367 e. The molecule has 2 N–H and O–H groups in total. The average Bonchev–Trinajstić information content (AvgIpc) is 2.40. The van der Waals surface area contributed by atoms with Crippen molar-refractivity contribution in [1.82, 2.24) is 4.98 Å². The fourth-order valence-corrected chi connectivity index (χ4v) is 2.41. The lowest BCUT2D eigenvalue weighted by Crippen LogP contribution is -2.43. The van der Waals surface area contributed by atoms with Crippen LogP contribution in [0.2, 0.25) is 0 Å². The highest BCUT2D eigenvalue weighted by Gasteiger charge is 2.33. The van der Waals surface area contributed by atoms with Gasteiger partial charge in [0.15, 0.2) is 0 Å². The summed E-state index contributed by atoms with van der Waals surface area (Å²) in [6.07, 6.45) is 6.41. The van der Waals surface area contributed by atoms with E-state index in [0.29, 0.717) is 13.2 Å². The van der Waals surface area contributed by atoms with E-state index in [-0.39, 0.29) is 5.60 Å². The van der Waals surface area contributed by atoms with Crippen molar-refractivity contribution in [3.8, 4) is 0 Å². The van der Waals surface area contributed by atoms with Gasteiger partial charge in [0.25, 0.3) is 0 Å². The van der Waals surface area contributed by atoms with Crippen molar-refractivity contribution in [3.63, 3.8) is 0 Å². The van der Waals surface area contributed by atoms with E-state index < -0.39 is 0 Å². The maximum atomic E-state index is 6.07. The molecule has 0 radical (unpaired) electrons. The van der Waals surface area contributed by atoms with Crippen LogP contribution < -0.4 is 5.73 Å². The van der Waals surface area contributed by atoms with Crippen LogP contribution in [-0.2, 0) is 11.3 Å². The van der Waals surface area contributed by atoms with Crippen molar-refractivity contribution in [3.05, 3.63) is 30.1 Å². The second-order valence-corrected chi connectivity index (χ2v) is 5.18. The van der Waals surface area contributed by atoms with Crippen molar-refractivity contribution >= 4 is 0 Å². The van der Waals surface area contributed by atoms with Crippen LogP contribution in [0.1, 0.15) is 38.3 Å². The second-order valence-electron chi connectivity index (χ2n) is 5.18. The molecule has 17 heavy (non-hydrogen) atoms. The molecule has 3 nitrogen and oxygen atoms in total. The molecule has 94 valence electrons. The van der Waals surface area contributed by atoms with Crippen molar-refractivity contribution in [2.45, 2.75) is 44.8 Å². The molecule has 0 spiro atoms. The zero-order chi connectivity index (χ0) is 12.1. The third kappa shape index (κ3) is 3.27. The van der Waals surface area contributed by atoms with E-state index in [2.05, 4.69) is 11.9 Å². The van der Waals surface area contributed by atoms with Gasteiger partial charge in [0.05, 0.1) is 17.9 Å². The highest BCUT2D eigenvalue weighted by Crippen LogP contribution is 2.34. The summed E-state index contributed by atoms with van der Waals surface area (Å²) >= 11 is 0. The normalized spacial score (nSPS) is 29.2. The van der Waals surface area contributed by atoms with Crippen molar-refractivity contribution in [1.29, 1.82) is 0 Å². The molecule has 1 fully saturated rings. The Hall–Kier alpha value is -0.930. The number of ether oxygens (including phenoxy) is 1. The first kappa shape index (κ1) is 12.5. The number of nitrogens with two attached hydrogens (primary N) is 1. The summed E-state index contributed by atoms with van der Waals surface area (Å²) in [6, 6.07) is 5.91. The molecule has 1 aliphatic rings. The zero-order valence-corrected chi connectivity index (χ0v) is 10.6. The van der Waals surface area contributed by atoms with Gasteiger partial charge in [-0.2, -0.15) is 0 Å². The molecule has 0 bridgehead atoms. The number of rotatable bonds is 4. The lowest BCUT2D eigenvalue weighted by Gasteiger charge is -2.38. The molecule has 3 heteroatoms. The first-order chi connectivity index (χ1) is 8.24. The van der Waals surface area contributed by atoms with Crippen LogP contribution in [0.25, 0.3) is 0 Å². The number of pyridine rings is 1. The van der Waals surface area contributed by atoms with Crippen LogP contribution in [0.5, 0.6) is 0 Å². The molecule has 1 saturated carbocycles. The van der Waals surface area contributed by atoms with Crippen LogP contribution in [0.15, 0.2) is 24.4 Å². The van der Waals surface area contributed by atoms with E-state index in [4.69, 9.17) is 10.5 Å². The van der Waals surface area contributed by atoms with Crippen LogP contribution in [0.3, 0.4) is 0 Å². The minimum absolute atomic E-state index is 0.107. The lowest BCUT2D eigenvalue weighted by molar-refractivity contribution is -0.0809. The number of aromatic nitrogens is 1. The summed E-state index contributed by atoms with van der Waals surface area (Å²) in [6.45, 7) is 3.50. The smallest absolute Gasteiger partial charge is 0.0896 e. The monoisotopic (exact) mass is 234 g/mol. The van der Waals surface area contributed by atoms with Crippen molar-refractivity contribution in [2.75, 3.05) is 6.54 Å². The average molecular weight is 234 g/mol. The minimum atomic E-state index is -0.107. The van der Waals surface area contributed by atoms with Gasteiger partial charge in [0.2, 0.25) is 0 Å². The Bertz CT molecular complexity index is 331. The van der Waals surface area contributed by atoms with Crippen LogP contribution in [0, 0.1) is 5.92 Å². The summed E-state index contributed by atoms with van der Waals surface area (Å²) in [4.78, 5) is 4.28. The molecule has 1 heterocycles. The van der Waals surface area contributed by atoms with E-state index in [9.17, 15) is 0 Å². The highest BCUT2D eigenvalue weighted by molar-refractivity contribution is 5.02. The van der Waals surface area contributed by atoms with E-state index in [1.807, 2.05) is 18.2 Å². The maximum Gasteiger partial charge on any atom is 0.0896 e. The summed E-state index contributed by atoms with van der Waals surface area (Å²) in [5.41, 5.74) is 6.78. The molecular formula is C14H22N2O. The first-order valence-electron chi connectivity index (χ1n) is 6.48. The fourth-order valence-electron chi connectivity index (χ4n) is 2.41. The van der Waals surface area contributed by atoms with Crippen LogP contribution in [0.4, 0.5) is 0 Å². The summed E-state index contributed by atoms with van der Waals surface area (Å²) in [5.74, 6) is 0.813. The number of hydrogen-bond donors (Lipinski definition) is 1. The maximum absolute atomic E-state index is 6.07. The standard InChI is InChI=1S/C14H22N2O/c1-12-5-7-14(11-15,8-6-12)17-10-13-4-2-3-9-16-13/h2-4,9,12H,5-8,10-11,15H2,1H3. The number of nitrogens with zero attached hydrogens (tertiary/aromatic N) is 1.